The summed E-state index contributed by atoms with van der Waals surface area (Å²) in [5.74, 6) is 2.04. The molecular weight excluding hydrogens is 326 g/mol. The lowest BCUT2D eigenvalue weighted by Gasteiger charge is -2.14. The Hall–Kier alpha value is -2.40. The molecule has 2 aromatic rings. The molecule has 0 fully saturated rings. The second-order valence-corrected chi connectivity index (χ2v) is 5.42. The van der Waals surface area contributed by atoms with Gasteiger partial charge in [0.2, 0.25) is 0 Å². The van der Waals surface area contributed by atoms with Crippen LogP contribution in [0.2, 0.25) is 5.02 Å². The molecule has 0 amide bonds. The molecule has 0 saturated carbocycles. The van der Waals surface area contributed by atoms with Gasteiger partial charge >= 0.3 is 0 Å². The molecule has 0 atom stereocenters. The Morgan fingerprint density at radius 3 is 2.67 bits per heavy atom. The highest BCUT2D eigenvalue weighted by molar-refractivity contribution is 6.30. The maximum absolute atomic E-state index is 6.00. The van der Waals surface area contributed by atoms with Crippen molar-refractivity contribution < 1.29 is 9.47 Å². The lowest BCUT2D eigenvalue weighted by atomic mass is 10.2. The predicted octanol–water partition coefficient (Wildman–Crippen LogP) is 3.93. The average molecular weight is 348 g/mol. The maximum atomic E-state index is 6.00. The van der Waals surface area contributed by atoms with Crippen molar-refractivity contribution in [2.45, 2.75) is 13.5 Å². The van der Waals surface area contributed by atoms with Gasteiger partial charge in [-0.25, -0.2) is 0 Å². The van der Waals surface area contributed by atoms with Gasteiger partial charge in [-0.2, -0.15) is 0 Å². The van der Waals surface area contributed by atoms with E-state index >= 15 is 0 Å². The van der Waals surface area contributed by atoms with Crippen LogP contribution in [0.1, 0.15) is 12.5 Å². The van der Waals surface area contributed by atoms with Gasteiger partial charge in [0.1, 0.15) is 0 Å². The molecule has 6 heteroatoms. The van der Waals surface area contributed by atoms with E-state index in [4.69, 9.17) is 21.1 Å². The number of nitrogens with zero attached hydrogens (tertiary/aromatic N) is 1. The molecular formula is C18H22ClN3O2. The topological polar surface area (TPSA) is 54.9 Å². The lowest BCUT2D eigenvalue weighted by Crippen LogP contribution is -2.30. The first kappa shape index (κ1) is 17.9. The molecule has 0 bridgehead atoms. The van der Waals surface area contributed by atoms with E-state index in [1.54, 1.807) is 14.2 Å². The Morgan fingerprint density at radius 1 is 1.17 bits per heavy atom. The lowest BCUT2D eigenvalue weighted by molar-refractivity contribution is 0.311. The van der Waals surface area contributed by atoms with Crippen LogP contribution in [0, 0.1) is 0 Å². The van der Waals surface area contributed by atoms with E-state index in [9.17, 15) is 0 Å². The van der Waals surface area contributed by atoms with Gasteiger partial charge in [-0.15, -0.1) is 0 Å². The third-order valence-corrected chi connectivity index (χ3v) is 3.53. The Kier molecular flexibility index (Phi) is 6.75. The maximum Gasteiger partial charge on any atom is 0.195 e. The van der Waals surface area contributed by atoms with Gasteiger partial charge in [-0.3, -0.25) is 4.99 Å². The molecule has 5 nitrogen and oxygen atoms in total. The van der Waals surface area contributed by atoms with E-state index in [1.807, 2.05) is 49.4 Å². The van der Waals surface area contributed by atoms with Crippen LogP contribution in [-0.4, -0.2) is 26.7 Å². The zero-order valence-corrected chi connectivity index (χ0v) is 14.9. The van der Waals surface area contributed by atoms with Crippen molar-refractivity contribution in [3.05, 3.63) is 53.1 Å². The minimum absolute atomic E-state index is 0.571. The molecule has 2 rings (SSSR count). The number of hydrogen-bond acceptors (Lipinski definition) is 3. The van der Waals surface area contributed by atoms with Crippen molar-refractivity contribution in [2.75, 3.05) is 26.1 Å². The molecule has 0 aliphatic rings. The molecule has 2 N–H and O–H groups in total. The van der Waals surface area contributed by atoms with Crippen LogP contribution >= 0.6 is 11.6 Å². The zero-order valence-electron chi connectivity index (χ0n) is 14.1. The number of rotatable bonds is 6. The fourth-order valence-corrected chi connectivity index (χ4v) is 2.38. The minimum Gasteiger partial charge on any atom is -0.493 e. The number of methoxy groups -OCH3 is 1. The molecule has 2 aromatic carbocycles. The first-order valence-electron chi connectivity index (χ1n) is 7.69. The third-order valence-electron chi connectivity index (χ3n) is 3.30. The van der Waals surface area contributed by atoms with Crippen LogP contribution in [-0.2, 0) is 6.54 Å². The summed E-state index contributed by atoms with van der Waals surface area (Å²) in [5, 5.41) is 7.20. The molecule has 0 heterocycles. The predicted molar refractivity (Wildman–Crippen MR) is 99.4 cm³/mol. The highest BCUT2D eigenvalue weighted by atomic mass is 35.5. The summed E-state index contributed by atoms with van der Waals surface area (Å²) < 4.78 is 10.9. The quantitative estimate of drug-likeness (QED) is 0.614. The van der Waals surface area contributed by atoms with E-state index < -0.39 is 0 Å². The van der Waals surface area contributed by atoms with Crippen molar-refractivity contribution in [2.24, 2.45) is 4.99 Å². The van der Waals surface area contributed by atoms with E-state index in [-0.39, 0.29) is 0 Å². The monoisotopic (exact) mass is 347 g/mol. The second-order valence-electron chi connectivity index (χ2n) is 4.98. The summed E-state index contributed by atoms with van der Waals surface area (Å²) in [4.78, 5) is 4.23. The SMILES string of the molecule is CCOc1cc(NC(=NC)NCc2cccc(Cl)c2)ccc1OC. The van der Waals surface area contributed by atoms with Crippen molar-refractivity contribution in [3.8, 4) is 11.5 Å². The fraction of sp³-hybridized carbons (Fsp3) is 0.278. The van der Waals surface area contributed by atoms with Gasteiger partial charge in [0.25, 0.3) is 0 Å². The fourth-order valence-electron chi connectivity index (χ4n) is 2.17. The van der Waals surface area contributed by atoms with Gasteiger partial charge < -0.3 is 20.1 Å². The molecule has 0 aromatic heterocycles. The molecule has 128 valence electrons. The van der Waals surface area contributed by atoms with Crippen molar-refractivity contribution in [1.82, 2.24) is 5.32 Å². The molecule has 0 aliphatic heterocycles. The first-order chi connectivity index (χ1) is 11.7. The highest BCUT2D eigenvalue weighted by Gasteiger charge is 2.07. The molecule has 0 saturated heterocycles. The first-order valence-corrected chi connectivity index (χ1v) is 8.07. The smallest absolute Gasteiger partial charge is 0.195 e. The average Bonchev–Trinajstić information content (AvgIpc) is 2.59. The number of nitrogens with one attached hydrogen (secondary N) is 2. The number of guanidine groups is 1. The molecule has 24 heavy (non-hydrogen) atoms. The normalized spacial score (nSPS) is 11.1. The summed E-state index contributed by atoms with van der Waals surface area (Å²) in [5.41, 5.74) is 1.94. The molecule has 0 unspecified atom stereocenters. The molecule has 0 aliphatic carbocycles. The van der Waals surface area contributed by atoms with Crippen LogP contribution < -0.4 is 20.1 Å². The zero-order chi connectivity index (χ0) is 17.4. The Balaban J connectivity index is 2.03. The van der Waals surface area contributed by atoms with Crippen molar-refractivity contribution in [3.63, 3.8) is 0 Å². The summed E-state index contributed by atoms with van der Waals surface area (Å²) in [7, 11) is 3.34. The van der Waals surface area contributed by atoms with Crippen molar-refractivity contribution in [1.29, 1.82) is 0 Å². The minimum atomic E-state index is 0.571. The number of aliphatic imine (C=N–C) groups is 1. The largest absolute Gasteiger partial charge is 0.493 e. The van der Waals surface area contributed by atoms with Crippen LogP contribution in [0.15, 0.2) is 47.5 Å². The summed E-state index contributed by atoms with van der Waals surface area (Å²) >= 11 is 6.00. The Labute approximate surface area is 147 Å². The Morgan fingerprint density at radius 2 is 2.00 bits per heavy atom. The van der Waals surface area contributed by atoms with Crippen LogP contribution in [0.3, 0.4) is 0 Å². The van der Waals surface area contributed by atoms with Crippen LogP contribution in [0.25, 0.3) is 0 Å². The summed E-state index contributed by atoms with van der Waals surface area (Å²) in [6.07, 6.45) is 0. The summed E-state index contributed by atoms with van der Waals surface area (Å²) in [6.45, 7) is 3.13. The number of ether oxygens (including phenoxy) is 2. The van der Waals surface area contributed by atoms with Gasteiger partial charge in [-0.05, 0) is 36.8 Å². The Bertz CT molecular complexity index is 704. The van der Waals surface area contributed by atoms with E-state index in [0.717, 1.165) is 11.3 Å². The molecule has 0 spiro atoms. The number of anilines is 1. The number of halogens is 1. The van der Waals surface area contributed by atoms with Crippen LogP contribution in [0.4, 0.5) is 5.69 Å². The van der Waals surface area contributed by atoms with Gasteiger partial charge in [0, 0.05) is 30.4 Å². The standard InChI is InChI=1S/C18H22ClN3O2/c1-4-24-17-11-15(8-9-16(17)23-3)22-18(20-2)21-12-13-6-5-7-14(19)10-13/h5-11H,4,12H2,1-3H3,(H2,20,21,22). The summed E-state index contributed by atoms with van der Waals surface area (Å²) in [6, 6.07) is 13.4. The number of hydrogen-bond donors (Lipinski definition) is 2. The third kappa shape index (κ3) is 5.06. The second kappa shape index (κ2) is 9.03. The van der Waals surface area contributed by atoms with Gasteiger partial charge in [0.15, 0.2) is 17.5 Å². The highest BCUT2D eigenvalue weighted by Crippen LogP contribution is 2.30. The van der Waals surface area contributed by atoms with Gasteiger partial charge in [-0.1, -0.05) is 23.7 Å². The van der Waals surface area contributed by atoms with E-state index in [1.165, 1.54) is 0 Å². The van der Waals surface area contributed by atoms with E-state index in [2.05, 4.69) is 15.6 Å². The van der Waals surface area contributed by atoms with Gasteiger partial charge in [0.05, 0.1) is 13.7 Å². The molecule has 0 radical (unpaired) electrons. The van der Waals surface area contributed by atoms with E-state index in [0.29, 0.717) is 35.6 Å². The van der Waals surface area contributed by atoms with Crippen molar-refractivity contribution >= 4 is 23.2 Å². The number of benzene rings is 2. The van der Waals surface area contributed by atoms with Crippen LogP contribution in [0.5, 0.6) is 11.5 Å².